The van der Waals surface area contributed by atoms with Gasteiger partial charge in [0.05, 0.1) is 17.1 Å². The number of hydrogen-bond acceptors (Lipinski definition) is 2. The lowest BCUT2D eigenvalue weighted by molar-refractivity contribution is 0.532. The molecule has 3 aromatic rings. The van der Waals surface area contributed by atoms with Crippen LogP contribution in [0.4, 0.5) is 0 Å². The maximum Gasteiger partial charge on any atom is 0.131 e. The Balaban J connectivity index is 1.90. The van der Waals surface area contributed by atoms with Crippen molar-refractivity contribution >= 4 is 11.0 Å². The first-order chi connectivity index (χ1) is 10.2. The molecule has 106 valence electrons. The van der Waals surface area contributed by atoms with Crippen molar-refractivity contribution in [1.82, 2.24) is 14.9 Å². The largest absolute Gasteiger partial charge is 0.329 e. The molecule has 0 spiro atoms. The highest BCUT2D eigenvalue weighted by atomic mass is 15.1. The molecule has 0 bridgehead atoms. The van der Waals surface area contributed by atoms with E-state index in [0.29, 0.717) is 0 Å². The van der Waals surface area contributed by atoms with Crippen LogP contribution in [0.1, 0.15) is 28.6 Å². The Morgan fingerprint density at radius 2 is 2.05 bits per heavy atom. The second kappa shape index (κ2) is 4.71. The Kier molecular flexibility index (Phi) is 2.82. The second-order valence-corrected chi connectivity index (χ2v) is 5.86. The van der Waals surface area contributed by atoms with Gasteiger partial charge in [-0.2, -0.15) is 0 Å². The Bertz CT molecular complexity index is 816. The van der Waals surface area contributed by atoms with E-state index >= 15 is 0 Å². The van der Waals surface area contributed by atoms with Gasteiger partial charge < -0.3 is 9.88 Å². The van der Waals surface area contributed by atoms with Crippen LogP contribution in [0.15, 0.2) is 42.5 Å². The van der Waals surface area contributed by atoms with Crippen LogP contribution in [0, 0.1) is 6.92 Å². The molecule has 0 saturated heterocycles. The third-order valence-electron chi connectivity index (χ3n) is 4.44. The number of aromatic nitrogens is 2. The summed E-state index contributed by atoms with van der Waals surface area (Å²) in [5.41, 5.74) is 6.32. The number of hydrogen-bond donors (Lipinski definition) is 1. The van der Waals surface area contributed by atoms with E-state index in [2.05, 4.69) is 66.3 Å². The van der Waals surface area contributed by atoms with E-state index in [-0.39, 0.29) is 6.04 Å². The van der Waals surface area contributed by atoms with Gasteiger partial charge in [-0.1, -0.05) is 30.3 Å². The molecule has 2 aromatic carbocycles. The summed E-state index contributed by atoms with van der Waals surface area (Å²) < 4.78 is 2.22. The minimum Gasteiger partial charge on any atom is -0.329 e. The molecule has 1 aliphatic heterocycles. The topological polar surface area (TPSA) is 29.9 Å². The predicted molar refractivity (Wildman–Crippen MR) is 85.4 cm³/mol. The quantitative estimate of drug-likeness (QED) is 0.740. The summed E-state index contributed by atoms with van der Waals surface area (Å²) in [6, 6.07) is 15.4. The summed E-state index contributed by atoms with van der Waals surface area (Å²) in [7, 11) is 2.11. The van der Waals surface area contributed by atoms with Crippen LogP contribution in [0.3, 0.4) is 0 Å². The monoisotopic (exact) mass is 277 g/mol. The Hall–Kier alpha value is -2.13. The van der Waals surface area contributed by atoms with Crippen LogP contribution in [0.2, 0.25) is 0 Å². The standard InChI is InChI=1S/C18H19N3/c1-12-7-8-16-15(11-12)20-18(21(16)2)17-14-6-4-3-5-13(14)9-10-19-17/h3-8,11,17,19H,9-10H2,1-2H3. The number of rotatable bonds is 1. The first-order valence-electron chi connectivity index (χ1n) is 7.48. The molecule has 0 radical (unpaired) electrons. The number of nitrogens with one attached hydrogen (secondary N) is 1. The first kappa shape index (κ1) is 12.6. The van der Waals surface area contributed by atoms with Gasteiger partial charge in [-0.15, -0.1) is 0 Å². The smallest absolute Gasteiger partial charge is 0.131 e. The summed E-state index contributed by atoms with van der Waals surface area (Å²) in [6.45, 7) is 3.12. The number of imidazole rings is 1. The normalized spacial score (nSPS) is 17.9. The van der Waals surface area contributed by atoms with Crippen LogP contribution >= 0.6 is 0 Å². The van der Waals surface area contributed by atoms with Crippen LogP contribution in [0.5, 0.6) is 0 Å². The molecule has 0 amide bonds. The van der Waals surface area contributed by atoms with Crippen molar-refractivity contribution in [2.75, 3.05) is 6.54 Å². The molecular formula is C18H19N3. The van der Waals surface area contributed by atoms with Gasteiger partial charge in [0.15, 0.2) is 0 Å². The van der Waals surface area contributed by atoms with Gasteiger partial charge in [0.2, 0.25) is 0 Å². The van der Waals surface area contributed by atoms with E-state index < -0.39 is 0 Å². The zero-order valence-electron chi connectivity index (χ0n) is 12.4. The van der Waals surface area contributed by atoms with E-state index in [0.717, 1.165) is 24.3 Å². The van der Waals surface area contributed by atoms with Crippen molar-refractivity contribution in [2.24, 2.45) is 7.05 Å². The predicted octanol–water partition coefficient (Wildman–Crippen LogP) is 3.12. The fourth-order valence-electron chi connectivity index (χ4n) is 3.32. The van der Waals surface area contributed by atoms with Crippen molar-refractivity contribution in [3.8, 4) is 0 Å². The Labute approximate surface area is 124 Å². The maximum atomic E-state index is 4.90. The van der Waals surface area contributed by atoms with E-state index in [9.17, 15) is 0 Å². The molecule has 4 rings (SSSR count). The molecule has 0 saturated carbocycles. The molecule has 3 nitrogen and oxygen atoms in total. The Morgan fingerprint density at radius 3 is 2.95 bits per heavy atom. The molecular weight excluding hydrogens is 258 g/mol. The molecule has 0 fully saturated rings. The van der Waals surface area contributed by atoms with Gasteiger partial charge in [0.1, 0.15) is 5.82 Å². The highest BCUT2D eigenvalue weighted by Crippen LogP contribution is 2.30. The second-order valence-electron chi connectivity index (χ2n) is 5.86. The van der Waals surface area contributed by atoms with Crippen molar-refractivity contribution < 1.29 is 0 Å². The van der Waals surface area contributed by atoms with Crippen molar-refractivity contribution in [3.05, 3.63) is 65.0 Å². The lowest BCUT2D eigenvalue weighted by Gasteiger charge is -2.26. The molecule has 21 heavy (non-hydrogen) atoms. The molecule has 1 unspecified atom stereocenters. The van der Waals surface area contributed by atoms with Gasteiger partial charge >= 0.3 is 0 Å². The number of aryl methyl sites for hydroxylation is 2. The van der Waals surface area contributed by atoms with Gasteiger partial charge in [0.25, 0.3) is 0 Å². The minimum absolute atomic E-state index is 0.188. The molecule has 3 heteroatoms. The van der Waals surface area contributed by atoms with Crippen LogP contribution in [-0.2, 0) is 13.5 Å². The number of fused-ring (bicyclic) bond motifs is 2. The van der Waals surface area contributed by atoms with Crippen molar-refractivity contribution in [3.63, 3.8) is 0 Å². The van der Waals surface area contributed by atoms with E-state index in [1.807, 2.05) is 0 Å². The fraction of sp³-hybridized carbons (Fsp3) is 0.278. The average molecular weight is 277 g/mol. The minimum atomic E-state index is 0.188. The SMILES string of the molecule is Cc1ccc2c(c1)nc(C1NCCc3ccccc31)n2C. The lowest BCUT2D eigenvalue weighted by Crippen LogP contribution is -2.32. The molecule has 1 aliphatic rings. The molecule has 0 aliphatic carbocycles. The third kappa shape index (κ3) is 1.96. The van der Waals surface area contributed by atoms with Crippen LogP contribution in [-0.4, -0.2) is 16.1 Å². The first-order valence-corrected chi connectivity index (χ1v) is 7.48. The fourth-order valence-corrected chi connectivity index (χ4v) is 3.32. The maximum absolute atomic E-state index is 4.90. The zero-order valence-corrected chi connectivity index (χ0v) is 12.4. The molecule has 2 heterocycles. The van der Waals surface area contributed by atoms with Gasteiger partial charge in [-0.25, -0.2) is 4.98 Å². The summed E-state index contributed by atoms with van der Waals surface area (Å²) >= 11 is 0. The summed E-state index contributed by atoms with van der Waals surface area (Å²) in [5.74, 6) is 1.10. The highest BCUT2D eigenvalue weighted by Gasteiger charge is 2.25. The molecule has 1 N–H and O–H groups in total. The van der Waals surface area contributed by atoms with Gasteiger partial charge in [0, 0.05) is 13.6 Å². The van der Waals surface area contributed by atoms with Crippen molar-refractivity contribution in [1.29, 1.82) is 0 Å². The Morgan fingerprint density at radius 1 is 1.19 bits per heavy atom. The van der Waals surface area contributed by atoms with Crippen LogP contribution < -0.4 is 5.32 Å². The summed E-state index contributed by atoms with van der Waals surface area (Å²) in [5, 5.41) is 3.62. The van der Waals surface area contributed by atoms with Crippen LogP contribution in [0.25, 0.3) is 11.0 Å². The molecule has 1 aromatic heterocycles. The number of benzene rings is 2. The van der Waals surface area contributed by atoms with Gasteiger partial charge in [-0.05, 0) is 42.2 Å². The van der Waals surface area contributed by atoms with E-state index in [4.69, 9.17) is 4.98 Å². The van der Waals surface area contributed by atoms with Crippen molar-refractivity contribution in [2.45, 2.75) is 19.4 Å². The van der Waals surface area contributed by atoms with E-state index in [1.165, 1.54) is 22.2 Å². The molecule has 1 atom stereocenters. The third-order valence-corrected chi connectivity index (χ3v) is 4.44. The summed E-state index contributed by atoms with van der Waals surface area (Å²) in [4.78, 5) is 4.90. The highest BCUT2D eigenvalue weighted by molar-refractivity contribution is 5.77. The van der Waals surface area contributed by atoms with Gasteiger partial charge in [-0.3, -0.25) is 0 Å². The number of nitrogens with zero attached hydrogens (tertiary/aromatic N) is 2. The summed E-state index contributed by atoms with van der Waals surface area (Å²) in [6.07, 6.45) is 1.09. The zero-order chi connectivity index (χ0) is 14.4. The average Bonchev–Trinajstić information content (AvgIpc) is 2.83. The lowest BCUT2D eigenvalue weighted by atomic mass is 9.94. The van der Waals surface area contributed by atoms with E-state index in [1.54, 1.807) is 0 Å².